The predicted octanol–water partition coefficient (Wildman–Crippen LogP) is 2.93. The van der Waals surface area contributed by atoms with Crippen molar-refractivity contribution in [3.63, 3.8) is 0 Å². The van der Waals surface area contributed by atoms with Crippen molar-refractivity contribution in [2.45, 2.75) is 20.5 Å². The van der Waals surface area contributed by atoms with Gasteiger partial charge in [-0.2, -0.15) is 10.2 Å². The van der Waals surface area contributed by atoms with Crippen LogP contribution in [0.5, 0.6) is 0 Å². The van der Waals surface area contributed by atoms with Gasteiger partial charge in [0.2, 0.25) is 0 Å². The highest BCUT2D eigenvalue weighted by atomic mass is 79.9. The topological polar surface area (TPSA) is 117 Å². The monoisotopic (exact) mass is 495 g/mol. The molecule has 1 amide bonds. The molecule has 10 nitrogen and oxygen atoms in total. The maximum Gasteiger partial charge on any atom is 0.348 e. The van der Waals surface area contributed by atoms with Crippen LogP contribution >= 0.6 is 27.3 Å². The molecule has 0 fully saturated rings. The molecule has 12 heteroatoms. The van der Waals surface area contributed by atoms with Crippen LogP contribution in [0, 0.1) is 6.92 Å². The quantitative estimate of drug-likeness (QED) is 0.500. The zero-order chi connectivity index (χ0) is 21.8. The van der Waals surface area contributed by atoms with Crippen LogP contribution < -0.4 is 5.32 Å². The molecule has 0 spiro atoms. The van der Waals surface area contributed by atoms with Gasteiger partial charge in [-0.05, 0) is 41.4 Å². The van der Waals surface area contributed by atoms with Crippen LogP contribution in [0.4, 0.5) is 5.00 Å². The lowest BCUT2D eigenvalue weighted by molar-refractivity contribution is 0.0531. The summed E-state index contributed by atoms with van der Waals surface area (Å²) in [7, 11) is 1.23. The lowest BCUT2D eigenvalue weighted by Gasteiger charge is -2.05. The minimum Gasteiger partial charge on any atom is -0.465 e. The highest BCUT2D eigenvalue weighted by Gasteiger charge is 2.27. The molecule has 0 saturated heterocycles. The number of aromatic nitrogens is 4. The SMILES string of the molecule is CCOC(=O)c1sc(NC(=O)c2ccn(Cn3cc(Br)cn3)n2)c(C(=O)OC)c1C. The number of amides is 1. The minimum atomic E-state index is -0.663. The first-order chi connectivity index (χ1) is 14.3. The summed E-state index contributed by atoms with van der Waals surface area (Å²) < 4.78 is 13.8. The van der Waals surface area contributed by atoms with Crippen molar-refractivity contribution in [1.82, 2.24) is 19.6 Å². The van der Waals surface area contributed by atoms with Crippen molar-refractivity contribution in [1.29, 1.82) is 0 Å². The highest BCUT2D eigenvalue weighted by molar-refractivity contribution is 9.10. The molecular weight excluding hydrogens is 478 g/mol. The summed E-state index contributed by atoms with van der Waals surface area (Å²) in [6.45, 7) is 3.79. The number of carbonyl (C=O) groups excluding carboxylic acids is 3. The fourth-order valence-electron chi connectivity index (χ4n) is 2.63. The predicted molar refractivity (Wildman–Crippen MR) is 112 cm³/mol. The van der Waals surface area contributed by atoms with E-state index in [0.717, 1.165) is 15.8 Å². The average Bonchev–Trinajstić information content (AvgIpc) is 3.41. The molecule has 158 valence electrons. The van der Waals surface area contributed by atoms with Crippen molar-refractivity contribution in [3.05, 3.63) is 50.8 Å². The zero-order valence-electron chi connectivity index (χ0n) is 16.3. The Bertz CT molecular complexity index is 1100. The molecule has 0 aliphatic rings. The van der Waals surface area contributed by atoms with E-state index >= 15 is 0 Å². The Labute approximate surface area is 183 Å². The van der Waals surface area contributed by atoms with Crippen LogP contribution in [0.1, 0.15) is 43.0 Å². The second kappa shape index (κ2) is 9.22. The Morgan fingerprint density at radius 3 is 2.67 bits per heavy atom. The third kappa shape index (κ3) is 4.60. The van der Waals surface area contributed by atoms with Gasteiger partial charge in [0.25, 0.3) is 5.91 Å². The van der Waals surface area contributed by atoms with Crippen molar-refractivity contribution in [2.75, 3.05) is 19.0 Å². The summed E-state index contributed by atoms with van der Waals surface area (Å²) in [4.78, 5) is 37.3. The van der Waals surface area contributed by atoms with Crippen LogP contribution in [0.3, 0.4) is 0 Å². The maximum absolute atomic E-state index is 12.7. The van der Waals surface area contributed by atoms with E-state index in [9.17, 15) is 14.4 Å². The first-order valence-corrected chi connectivity index (χ1v) is 10.4. The number of esters is 2. The molecule has 0 radical (unpaired) electrons. The van der Waals surface area contributed by atoms with E-state index in [1.807, 2.05) is 0 Å². The summed E-state index contributed by atoms with van der Waals surface area (Å²) in [6.07, 6.45) is 5.05. The second-order valence-corrected chi connectivity index (χ2v) is 7.94. The Morgan fingerprint density at radius 2 is 2.03 bits per heavy atom. The zero-order valence-corrected chi connectivity index (χ0v) is 18.7. The Balaban J connectivity index is 1.83. The van der Waals surface area contributed by atoms with Crippen molar-refractivity contribution >= 4 is 50.1 Å². The van der Waals surface area contributed by atoms with E-state index in [-0.39, 0.29) is 27.7 Å². The molecule has 0 aromatic carbocycles. The first kappa shape index (κ1) is 21.7. The lowest BCUT2D eigenvalue weighted by Crippen LogP contribution is -2.16. The molecule has 0 aliphatic heterocycles. The fraction of sp³-hybridized carbons (Fsp3) is 0.278. The lowest BCUT2D eigenvalue weighted by atomic mass is 10.1. The molecule has 30 heavy (non-hydrogen) atoms. The minimum absolute atomic E-state index is 0.111. The van der Waals surface area contributed by atoms with E-state index in [2.05, 4.69) is 31.4 Å². The Kier molecular flexibility index (Phi) is 6.67. The average molecular weight is 496 g/mol. The van der Waals surface area contributed by atoms with Crippen LogP contribution in [0.15, 0.2) is 29.1 Å². The third-order valence-corrected chi connectivity index (χ3v) is 5.59. The molecule has 3 rings (SSSR count). The van der Waals surface area contributed by atoms with E-state index in [1.54, 1.807) is 47.9 Å². The number of carbonyl (C=O) groups is 3. The van der Waals surface area contributed by atoms with Gasteiger partial charge in [-0.3, -0.25) is 9.48 Å². The van der Waals surface area contributed by atoms with Crippen LogP contribution in [-0.4, -0.2) is 51.1 Å². The molecule has 1 N–H and O–H groups in total. The number of halogens is 1. The van der Waals surface area contributed by atoms with Gasteiger partial charge in [-0.1, -0.05) is 0 Å². The Morgan fingerprint density at radius 1 is 1.27 bits per heavy atom. The molecule has 0 bridgehead atoms. The first-order valence-electron chi connectivity index (χ1n) is 8.75. The number of methoxy groups -OCH3 is 1. The van der Waals surface area contributed by atoms with Gasteiger partial charge >= 0.3 is 11.9 Å². The largest absolute Gasteiger partial charge is 0.465 e. The molecule has 3 aromatic heterocycles. The van der Waals surface area contributed by atoms with Crippen LogP contribution in [0.2, 0.25) is 0 Å². The highest BCUT2D eigenvalue weighted by Crippen LogP contribution is 2.34. The van der Waals surface area contributed by atoms with Crippen molar-refractivity contribution in [3.8, 4) is 0 Å². The molecular formula is C18H18BrN5O5S. The molecule has 0 saturated carbocycles. The van der Waals surface area contributed by atoms with Gasteiger partial charge in [0, 0.05) is 12.4 Å². The van der Waals surface area contributed by atoms with Crippen LogP contribution in [0.25, 0.3) is 0 Å². The van der Waals surface area contributed by atoms with E-state index < -0.39 is 17.8 Å². The van der Waals surface area contributed by atoms with Crippen molar-refractivity contribution in [2.24, 2.45) is 0 Å². The summed E-state index contributed by atoms with van der Waals surface area (Å²) in [6, 6.07) is 1.54. The smallest absolute Gasteiger partial charge is 0.348 e. The number of thiophene rings is 1. The third-order valence-electron chi connectivity index (χ3n) is 3.99. The number of nitrogens with zero attached hydrogens (tertiary/aromatic N) is 4. The molecule has 3 aromatic rings. The normalized spacial score (nSPS) is 10.7. The number of hydrogen-bond donors (Lipinski definition) is 1. The van der Waals surface area contributed by atoms with Gasteiger partial charge in [0.15, 0.2) is 5.69 Å². The second-order valence-electron chi connectivity index (χ2n) is 6.01. The number of ether oxygens (including phenoxy) is 2. The standard InChI is InChI=1S/C18H18BrN5O5S/c1-4-29-18(27)14-10(2)13(17(26)28-3)16(30-14)21-15(25)12-5-6-23(22-12)9-24-8-11(19)7-20-24/h5-8H,4,9H2,1-3H3,(H,21,25). The van der Waals surface area contributed by atoms with Gasteiger partial charge in [-0.25, -0.2) is 14.3 Å². The summed E-state index contributed by atoms with van der Waals surface area (Å²) in [5.74, 6) is -1.76. The number of nitrogens with one attached hydrogen (secondary N) is 1. The van der Waals surface area contributed by atoms with E-state index in [0.29, 0.717) is 12.2 Å². The van der Waals surface area contributed by atoms with Gasteiger partial charge in [-0.15, -0.1) is 11.3 Å². The summed E-state index contributed by atoms with van der Waals surface area (Å²) in [5.41, 5.74) is 0.635. The molecule has 0 atom stereocenters. The molecule has 0 aliphatic carbocycles. The van der Waals surface area contributed by atoms with E-state index in [4.69, 9.17) is 9.47 Å². The van der Waals surface area contributed by atoms with Crippen LogP contribution in [-0.2, 0) is 16.1 Å². The van der Waals surface area contributed by atoms with Gasteiger partial charge < -0.3 is 14.8 Å². The maximum atomic E-state index is 12.7. The molecule has 3 heterocycles. The number of anilines is 1. The number of hydrogen-bond acceptors (Lipinski definition) is 8. The summed E-state index contributed by atoms with van der Waals surface area (Å²) in [5, 5.41) is 11.2. The van der Waals surface area contributed by atoms with Gasteiger partial charge in [0.1, 0.15) is 16.5 Å². The molecule has 0 unspecified atom stereocenters. The van der Waals surface area contributed by atoms with Crippen molar-refractivity contribution < 1.29 is 23.9 Å². The number of rotatable bonds is 7. The van der Waals surface area contributed by atoms with E-state index in [1.165, 1.54) is 7.11 Å². The summed E-state index contributed by atoms with van der Waals surface area (Å²) >= 11 is 4.27. The Hall–Kier alpha value is -2.99. The fourth-order valence-corrected chi connectivity index (χ4v) is 4.05. The van der Waals surface area contributed by atoms with Gasteiger partial charge in [0.05, 0.1) is 29.9 Å².